The van der Waals surface area contributed by atoms with E-state index in [9.17, 15) is 0 Å². The summed E-state index contributed by atoms with van der Waals surface area (Å²) < 4.78 is 6.43. The van der Waals surface area contributed by atoms with E-state index in [2.05, 4.69) is 58.5 Å². The maximum Gasteiger partial charge on any atom is 0.119 e. The highest BCUT2D eigenvalue weighted by Gasteiger charge is 2.07. The van der Waals surface area contributed by atoms with Gasteiger partial charge in [0.1, 0.15) is 5.75 Å². The van der Waals surface area contributed by atoms with E-state index < -0.39 is 0 Å². The minimum atomic E-state index is 0.854. The van der Waals surface area contributed by atoms with Crippen LogP contribution in [0.4, 0.5) is 0 Å². The van der Waals surface area contributed by atoms with Crippen molar-refractivity contribution in [2.45, 2.75) is 19.9 Å². The van der Waals surface area contributed by atoms with Crippen molar-refractivity contribution in [3.63, 3.8) is 0 Å². The number of benzene rings is 2. The summed E-state index contributed by atoms with van der Waals surface area (Å²) in [6.07, 6.45) is 1.14. The maximum atomic E-state index is 5.34. The Labute approximate surface area is 129 Å². The van der Waals surface area contributed by atoms with Crippen LogP contribution < -0.4 is 10.1 Å². The summed E-state index contributed by atoms with van der Waals surface area (Å²) in [6.45, 7) is 4.05. The Kier molecular flexibility index (Phi) is 5.62. The van der Waals surface area contributed by atoms with Gasteiger partial charge in [0, 0.05) is 11.0 Å². The minimum Gasteiger partial charge on any atom is -0.497 e. The largest absolute Gasteiger partial charge is 0.497 e. The molecule has 2 nitrogen and oxygen atoms in total. The quantitative estimate of drug-likeness (QED) is 0.778. The van der Waals surface area contributed by atoms with Gasteiger partial charge in [-0.15, -0.1) is 0 Å². The van der Waals surface area contributed by atoms with Crippen LogP contribution in [0.1, 0.15) is 18.9 Å². The van der Waals surface area contributed by atoms with Crippen molar-refractivity contribution in [3.05, 3.63) is 52.5 Å². The van der Waals surface area contributed by atoms with Crippen molar-refractivity contribution in [1.82, 2.24) is 5.32 Å². The van der Waals surface area contributed by atoms with Crippen LogP contribution in [0.2, 0.25) is 0 Å². The first-order chi connectivity index (χ1) is 9.74. The van der Waals surface area contributed by atoms with Crippen LogP contribution in [0.5, 0.6) is 5.75 Å². The molecule has 0 aromatic heterocycles. The smallest absolute Gasteiger partial charge is 0.119 e. The van der Waals surface area contributed by atoms with E-state index in [0.717, 1.165) is 29.7 Å². The first-order valence-corrected chi connectivity index (χ1v) is 7.67. The molecule has 0 unspecified atom stereocenters. The zero-order chi connectivity index (χ0) is 14.4. The minimum absolute atomic E-state index is 0.854. The lowest BCUT2D eigenvalue weighted by Crippen LogP contribution is -2.14. The molecule has 106 valence electrons. The Morgan fingerprint density at radius 3 is 2.70 bits per heavy atom. The van der Waals surface area contributed by atoms with Crippen LogP contribution in [-0.2, 0) is 6.54 Å². The molecule has 0 amide bonds. The number of nitrogens with one attached hydrogen (secondary N) is 1. The molecule has 0 atom stereocenters. The summed E-state index contributed by atoms with van der Waals surface area (Å²) in [4.78, 5) is 0. The van der Waals surface area contributed by atoms with Gasteiger partial charge in [0.25, 0.3) is 0 Å². The van der Waals surface area contributed by atoms with Gasteiger partial charge in [-0.05, 0) is 53.9 Å². The zero-order valence-electron chi connectivity index (χ0n) is 11.9. The Bertz CT molecular complexity index is 569. The van der Waals surface area contributed by atoms with E-state index in [-0.39, 0.29) is 0 Å². The van der Waals surface area contributed by atoms with Gasteiger partial charge >= 0.3 is 0 Å². The zero-order valence-corrected chi connectivity index (χ0v) is 13.5. The molecule has 0 radical (unpaired) electrons. The average molecular weight is 334 g/mol. The van der Waals surface area contributed by atoms with Crippen LogP contribution in [-0.4, -0.2) is 13.7 Å². The highest BCUT2D eigenvalue weighted by Crippen LogP contribution is 2.29. The average Bonchev–Trinajstić information content (AvgIpc) is 2.47. The van der Waals surface area contributed by atoms with Gasteiger partial charge < -0.3 is 10.1 Å². The summed E-state index contributed by atoms with van der Waals surface area (Å²) >= 11 is 3.54. The maximum absolute atomic E-state index is 5.34. The molecule has 0 saturated heterocycles. The van der Waals surface area contributed by atoms with Gasteiger partial charge in [-0.3, -0.25) is 0 Å². The molecule has 20 heavy (non-hydrogen) atoms. The molecular weight excluding hydrogens is 314 g/mol. The number of rotatable bonds is 6. The van der Waals surface area contributed by atoms with E-state index in [1.54, 1.807) is 7.11 Å². The molecule has 3 heteroatoms. The van der Waals surface area contributed by atoms with Crippen molar-refractivity contribution in [3.8, 4) is 16.9 Å². The third kappa shape index (κ3) is 3.84. The predicted octanol–water partition coefficient (Wildman–Crippen LogP) is 4.62. The van der Waals surface area contributed by atoms with Crippen LogP contribution in [0.25, 0.3) is 11.1 Å². The van der Waals surface area contributed by atoms with E-state index in [1.807, 2.05) is 12.1 Å². The highest BCUT2D eigenvalue weighted by molar-refractivity contribution is 9.10. The van der Waals surface area contributed by atoms with Crippen molar-refractivity contribution in [1.29, 1.82) is 0 Å². The summed E-state index contributed by atoms with van der Waals surface area (Å²) in [7, 11) is 1.71. The lowest BCUT2D eigenvalue weighted by Gasteiger charge is -2.13. The van der Waals surface area contributed by atoms with Gasteiger partial charge in [0.2, 0.25) is 0 Å². The molecule has 0 heterocycles. The molecule has 0 bridgehead atoms. The predicted molar refractivity (Wildman–Crippen MR) is 88.1 cm³/mol. The second-order valence-corrected chi connectivity index (χ2v) is 5.63. The lowest BCUT2D eigenvalue weighted by molar-refractivity contribution is 0.414. The molecule has 2 rings (SSSR count). The molecule has 1 N–H and O–H groups in total. The van der Waals surface area contributed by atoms with Crippen molar-refractivity contribution in [2.24, 2.45) is 0 Å². The first-order valence-electron chi connectivity index (χ1n) is 6.88. The Balaban J connectivity index is 2.35. The first kappa shape index (κ1) is 15.1. The molecule has 2 aromatic rings. The van der Waals surface area contributed by atoms with Gasteiger partial charge in [-0.1, -0.05) is 41.1 Å². The van der Waals surface area contributed by atoms with E-state index in [0.29, 0.717) is 0 Å². The summed E-state index contributed by atoms with van der Waals surface area (Å²) in [5, 5.41) is 3.46. The fourth-order valence-corrected chi connectivity index (χ4v) is 2.58. The fraction of sp³-hybridized carbons (Fsp3) is 0.294. The highest BCUT2D eigenvalue weighted by atomic mass is 79.9. The standard InChI is InChI=1S/C17H20BrNO/c1-3-9-19-12-14-11-16(20-2)7-8-17(14)13-5-4-6-15(18)10-13/h4-8,10-11,19H,3,9,12H2,1-2H3. The molecule has 2 aromatic carbocycles. The summed E-state index contributed by atoms with van der Waals surface area (Å²) in [6, 6.07) is 14.6. The number of halogens is 1. The number of hydrogen-bond donors (Lipinski definition) is 1. The molecule has 0 aliphatic rings. The summed E-state index contributed by atoms with van der Waals surface area (Å²) in [5.41, 5.74) is 3.72. The molecule has 0 spiro atoms. The lowest BCUT2D eigenvalue weighted by atomic mass is 9.99. The second kappa shape index (κ2) is 7.46. The van der Waals surface area contributed by atoms with Gasteiger partial charge in [0.15, 0.2) is 0 Å². The van der Waals surface area contributed by atoms with Gasteiger partial charge in [0.05, 0.1) is 7.11 Å². The molecule has 0 fully saturated rings. The number of hydrogen-bond acceptors (Lipinski definition) is 2. The van der Waals surface area contributed by atoms with Crippen LogP contribution in [0.15, 0.2) is 46.9 Å². The van der Waals surface area contributed by atoms with Crippen LogP contribution in [0.3, 0.4) is 0 Å². The normalized spacial score (nSPS) is 10.6. The number of ether oxygens (including phenoxy) is 1. The fourth-order valence-electron chi connectivity index (χ4n) is 2.18. The van der Waals surface area contributed by atoms with E-state index >= 15 is 0 Å². The topological polar surface area (TPSA) is 21.3 Å². The monoisotopic (exact) mass is 333 g/mol. The summed E-state index contributed by atoms with van der Waals surface area (Å²) in [5.74, 6) is 0.900. The molecule has 0 aliphatic heterocycles. The Hall–Kier alpha value is -1.32. The molecule has 0 saturated carbocycles. The molecule has 0 aliphatic carbocycles. The van der Waals surface area contributed by atoms with Crippen LogP contribution in [0, 0.1) is 0 Å². The number of methoxy groups -OCH3 is 1. The van der Waals surface area contributed by atoms with Gasteiger partial charge in [-0.2, -0.15) is 0 Å². The molecular formula is C17H20BrNO. The van der Waals surface area contributed by atoms with Crippen LogP contribution >= 0.6 is 15.9 Å². The van der Waals surface area contributed by atoms with Crippen molar-refractivity contribution >= 4 is 15.9 Å². The second-order valence-electron chi connectivity index (χ2n) is 4.71. The van der Waals surface area contributed by atoms with Gasteiger partial charge in [-0.25, -0.2) is 0 Å². The van der Waals surface area contributed by atoms with E-state index in [4.69, 9.17) is 4.74 Å². The van der Waals surface area contributed by atoms with E-state index in [1.165, 1.54) is 16.7 Å². The van der Waals surface area contributed by atoms with Crippen molar-refractivity contribution < 1.29 is 4.74 Å². The Morgan fingerprint density at radius 2 is 2.00 bits per heavy atom. The Morgan fingerprint density at radius 1 is 1.15 bits per heavy atom. The van der Waals surface area contributed by atoms with Crippen molar-refractivity contribution in [2.75, 3.05) is 13.7 Å². The third-order valence-electron chi connectivity index (χ3n) is 3.19. The third-order valence-corrected chi connectivity index (χ3v) is 3.68. The SMILES string of the molecule is CCCNCc1cc(OC)ccc1-c1cccc(Br)c1.